The summed E-state index contributed by atoms with van der Waals surface area (Å²) < 4.78 is 30.1. The molecule has 0 radical (unpaired) electrons. The molecule has 2 amide bonds. The van der Waals surface area contributed by atoms with Crippen molar-refractivity contribution in [1.29, 1.82) is 0 Å². The second kappa shape index (κ2) is 16.0. The Hall–Kier alpha value is -3.88. The summed E-state index contributed by atoms with van der Waals surface area (Å²) in [4.78, 5) is 32.1. The Morgan fingerprint density at radius 2 is 1.58 bits per heavy atom. The number of sulfonamides is 1. The summed E-state index contributed by atoms with van der Waals surface area (Å²) in [5.74, 6) is -0.838. The lowest BCUT2D eigenvalue weighted by Gasteiger charge is -2.35. The number of carbonyl (C=O) groups is 2. The van der Waals surface area contributed by atoms with Crippen LogP contribution in [0.25, 0.3) is 10.2 Å². The van der Waals surface area contributed by atoms with Gasteiger partial charge < -0.3 is 21.5 Å². The molecule has 1 saturated carbocycles. The molecule has 0 bridgehead atoms. The number of amides is 2. The number of nitrogens with zero attached hydrogens (tertiary/aromatic N) is 2. The zero-order valence-electron chi connectivity index (χ0n) is 30.8. The van der Waals surface area contributed by atoms with E-state index in [0.29, 0.717) is 15.3 Å². The van der Waals surface area contributed by atoms with Crippen LogP contribution < -0.4 is 21.7 Å². The van der Waals surface area contributed by atoms with Crippen LogP contribution in [0.15, 0.2) is 83.8 Å². The standard InChI is InChI=1S/C39H52N6O5S2/c1-25(2)23-45(52(49,50)29-17-18-30-33(22-29)51-37(40)42-30)24-32(46)31(21-27-13-9-7-10-14-27)41-36(48)34(38(4,5)6)43-35(47)26(3)44-39(19-20-39)28-15-11-8-12-16-28/h7-18,22,25-26,31-32,34,44,46H,19-21,23-24H2,1-6H3,(H2,40,42)(H,41,48)(H,43,47). The first kappa shape index (κ1) is 39.3. The van der Waals surface area contributed by atoms with Crippen LogP contribution in [0.3, 0.4) is 0 Å². The number of hydrogen-bond acceptors (Lipinski definition) is 9. The van der Waals surface area contributed by atoms with Gasteiger partial charge in [-0.05, 0) is 66.8 Å². The number of hydrogen-bond donors (Lipinski definition) is 5. The summed E-state index contributed by atoms with van der Waals surface area (Å²) >= 11 is 1.20. The molecule has 1 fully saturated rings. The zero-order valence-corrected chi connectivity index (χ0v) is 32.4. The maximum atomic E-state index is 14.2. The fourth-order valence-electron chi connectivity index (χ4n) is 6.48. The number of aliphatic hydroxyl groups excluding tert-OH is 1. The average molecular weight is 749 g/mol. The monoisotopic (exact) mass is 748 g/mol. The number of nitrogens with one attached hydrogen (secondary N) is 3. The van der Waals surface area contributed by atoms with Gasteiger partial charge in [0.15, 0.2) is 5.13 Å². The Morgan fingerprint density at radius 1 is 0.942 bits per heavy atom. The number of rotatable bonds is 16. The highest BCUT2D eigenvalue weighted by Gasteiger charge is 2.46. The smallest absolute Gasteiger partial charge is 0.243 e. The second-order valence-electron chi connectivity index (χ2n) is 15.4. The first-order valence-electron chi connectivity index (χ1n) is 17.8. The summed E-state index contributed by atoms with van der Waals surface area (Å²) in [6.45, 7) is 11.1. The van der Waals surface area contributed by atoms with Gasteiger partial charge in [0.1, 0.15) is 6.04 Å². The van der Waals surface area contributed by atoms with Crippen LogP contribution in [0.1, 0.15) is 65.5 Å². The number of anilines is 1. The maximum Gasteiger partial charge on any atom is 0.243 e. The van der Waals surface area contributed by atoms with Crippen LogP contribution in [-0.2, 0) is 31.6 Å². The van der Waals surface area contributed by atoms with Crippen LogP contribution in [0.4, 0.5) is 5.13 Å². The van der Waals surface area contributed by atoms with Gasteiger partial charge in [-0.2, -0.15) is 4.31 Å². The number of aliphatic hydroxyl groups is 1. The van der Waals surface area contributed by atoms with Crippen LogP contribution in [-0.4, -0.2) is 71.9 Å². The Labute approximate surface area is 311 Å². The van der Waals surface area contributed by atoms with Crippen molar-refractivity contribution in [2.24, 2.45) is 11.3 Å². The van der Waals surface area contributed by atoms with Crippen LogP contribution in [0.2, 0.25) is 0 Å². The van der Waals surface area contributed by atoms with E-state index in [9.17, 15) is 23.1 Å². The van der Waals surface area contributed by atoms with Gasteiger partial charge in [0.2, 0.25) is 21.8 Å². The molecule has 3 aromatic carbocycles. The molecule has 0 spiro atoms. The van der Waals surface area contributed by atoms with Gasteiger partial charge in [-0.15, -0.1) is 0 Å². The maximum absolute atomic E-state index is 14.2. The topological polar surface area (TPSA) is 167 Å². The van der Waals surface area contributed by atoms with Gasteiger partial charge >= 0.3 is 0 Å². The lowest BCUT2D eigenvalue weighted by atomic mass is 9.85. The SMILES string of the molecule is CC(C)CN(CC(O)C(Cc1ccccc1)NC(=O)C(NC(=O)C(C)NC1(c2ccccc2)CC1)C(C)(C)C)S(=O)(=O)c1ccc2nc(N)sc2c1. The van der Waals surface area contributed by atoms with Gasteiger partial charge in [0.05, 0.1) is 33.3 Å². The van der Waals surface area contributed by atoms with Crippen molar-refractivity contribution in [3.05, 3.63) is 90.0 Å². The highest BCUT2D eigenvalue weighted by molar-refractivity contribution is 7.89. The number of carbonyl (C=O) groups excluding carboxylic acids is 2. The molecule has 1 aliphatic rings. The summed E-state index contributed by atoms with van der Waals surface area (Å²) in [6, 6.07) is 21.7. The van der Waals surface area contributed by atoms with Crippen molar-refractivity contribution < 1.29 is 23.1 Å². The second-order valence-corrected chi connectivity index (χ2v) is 18.4. The predicted molar refractivity (Wildman–Crippen MR) is 207 cm³/mol. The first-order chi connectivity index (χ1) is 24.5. The molecule has 5 rings (SSSR count). The van der Waals surface area contributed by atoms with E-state index in [4.69, 9.17) is 5.73 Å². The molecule has 1 heterocycles. The predicted octanol–water partition coefficient (Wildman–Crippen LogP) is 4.81. The molecule has 4 aromatic rings. The Kier molecular flexibility index (Phi) is 12.1. The molecule has 1 aromatic heterocycles. The number of thiazole rings is 1. The number of fused-ring (bicyclic) bond motifs is 1. The molecule has 0 saturated heterocycles. The normalized spacial score (nSPS) is 16.7. The van der Waals surface area contributed by atoms with E-state index >= 15 is 0 Å². The molecule has 11 nitrogen and oxygen atoms in total. The fourth-order valence-corrected chi connectivity index (χ4v) is 8.98. The third-order valence-corrected chi connectivity index (χ3v) is 12.1. The minimum absolute atomic E-state index is 0.0559. The summed E-state index contributed by atoms with van der Waals surface area (Å²) in [5, 5.41) is 21.7. The van der Waals surface area contributed by atoms with E-state index in [0.717, 1.165) is 24.0 Å². The molecule has 4 unspecified atom stereocenters. The van der Waals surface area contributed by atoms with Crippen molar-refractivity contribution in [3.63, 3.8) is 0 Å². The van der Waals surface area contributed by atoms with Gasteiger partial charge in [-0.3, -0.25) is 14.9 Å². The largest absolute Gasteiger partial charge is 0.390 e. The number of benzene rings is 3. The molecule has 13 heteroatoms. The van der Waals surface area contributed by atoms with Gasteiger partial charge in [0, 0.05) is 18.6 Å². The molecule has 6 N–H and O–H groups in total. The van der Waals surface area contributed by atoms with E-state index < -0.39 is 45.6 Å². The van der Waals surface area contributed by atoms with E-state index in [1.807, 2.05) is 83.1 Å². The Morgan fingerprint density at radius 3 is 2.17 bits per heavy atom. The van der Waals surface area contributed by atoms with Gasteiger partial charge in [-0.25, -0.2) is 13.4 Å². The summed E-state index contributed by atoms with van der Waals surface area (Å²) in [6.07, 6.45) is 0.764. The van der Waals surface area contributed by atoms with E-state index in [1.165, 1.54) is 21.7 Å². The Balaban J connectivity index is 1.36. The van der Waals surface area contributed by atoms with Crippen LogP contribution in [0.5, 0.6) is 0 Å². The number of nitrogen functional groups attached to an aromatic ring is 1. The van der Waals surface area contributed by atoms with Crippen molar-refractivity contribution in [1.82, 2.24) is 25.2 Å². The van der Waals surface area contributed by atoms with Crippen LogP contribution in [0, 0.1) is 11.3 Å². The minimum atomic E-state index is -4.07. The van der Waals surface area contributed by atoms with Crippen molar-refractivity contribution in [2.45, 2.75) is 95.5 Å². The molecule has 1 aliphatic carbocycles. The van der Waals surface area contributed by atoms with Gasteiger partial charge in [0.25, 0.3) is 0 Å². The zero-order chi connectivity index (χ0) is 37.8. The van der Waals surface area contributed by atoms with Crippen molar-refractivity contribution in [2.75, 3.05) is 18.8 Å². The van der Waals surface area contributed by atoms with Crippen molar-refractivity contribution >= 4 is 48.5 Å². The highest BCUT2D eigenvalue weighted by atomic mass is 32.2. The number of aromatic nitrogens is 1. The highest BCUT2D eigenvalue weighted by Crippen LogP contribution is 2.45. The summed E-state index contributed by atoms with van der Waals surface area (Å²) in [5.41, 5.74) is 7.49. The van der Waals surface area contributed by atoms with E-state index in [1.54, 1.807) is 19.1 Å². The average Bonchev–Trinajstić information content (AvgIpc) is 3.77. The van der Waals surface area contributed by atoms with E-state index in [-0.39, 0.29) is 41.8 Å². The quantitative estimate of drug-likeness (QED) is 0.109. The fraction of sp³-hybridized carbons (Fsp3) is 0.462. The van der Waals surface area contributed by atoms with Crippen LogP contribution >= 0.6 is 11.3 Å². The lowest BCUT2D eigenvalue weighted by Crippen LogP contribution is -2.60. The summed E-state index contributed by atoms with van der Waals surface area (Å²) in [7, 11) is -4.07. The number of nitrogens with two attached hydrogens (primary N) is 1. The first-order valence-corrected chi connectivity index (χ1v) is 20.1. The third-order valence-electron chi connectivity index (χ3n) is 9.44. The van der Waals surface area contributed by atoms with Crippen molar-refractivity contribution in [3.8, 4) is 0 Å². The van der Waals surface area contributed by atoms with E-state index in [2.05, 4.69) is 33.1 Å². The molecule has 0 aliphatic heterocycles. The Bertz CT molecular complexity index is 1940. The lowest BCUT2D eigenvalue weighted by molar-refractivity contribution is -0.133. The molecular formula is C39H52N6O5S2. The molecule has 280 valence electrons. The molecule has 52 heavy (non-hydrogen) atoms. The molecule has 4 atom stereocenters. The van der Waals surface area contributed by atoms with Gasteiger partial charge in [-0.1, -0.05) is 107 Å². The molecular weight excluding hydrogens is 697 g/mol. The minimum Gasteiger partial charge on any atom is -0.390 e. The third kappa shape index (κ3) is 9.56.